The standard InChI is InChI=1S/C13H14BrCl2NO3S/c14-12-10(15)6-8(7-11(12)21(16,19)20)13(18)17-9-4-2-1-3-5-9/h6-7,9H,1-5H2,(H,17,18). The third-order valence-corrected chi connectivity index (χ3v) is 6.45. The highest BCUT2D eigenvalue weighted by molar-refractivity contribution is 9.10. The Hall–Kier alpha value is -0.300. The number of benzene rings is 1. The molecule has 1 amide bonds. The molecule has 0 aliphatic heterocycles. The van der Waals surface area contributed by atoms with E-state index in [1.165, 1.54) is 18.6 Å². The van der Waals surface area contributed by atoms with Gasteiger partial charge in [0.2, 0.25) is 0 Å². The van der Waals surface area contributed by atoms with Crippen LogP contribution >= 0.6 is 38.2 Å². The topological polar surface area (TPSA) is 63.2 Å². The molecule has 0 unspecified atom stereocenters. The van der Waals surface area contributed by atoms with Gasteiger partial charge in [0.05, 0.1) is 14.4 Å². The Kier molecular flexibility index (Phi) is 5.57. The highest BCUT2D eigenvalue weighted by Crippen LogP contribution is 2.33. The van der Waals surface area contributed by atoms with Gasteiger partial charge >= 0.3 is 0 Å². The van der Waals surface area contributed by atoms with Crippen LogP contribution in [0.2, 0.25) is 5.02 Å². The maximum absolute atomic E-state index is 12.2. The number of hydrogen-bond donors (Lipinski definition) is 1. The number of carbonyl (C=O) groups excluding carboxylic acids is 1. The van der Waals surface area contributed by atoms with Crippen LogP contribution in [0.1, 0.15) is 42.5 Å². The first-order chi connectivity index (χ1) is 9.79. The fourth-order valence-corrected chi connectivity index (χ4v) is 4.77. The summed E-state index contributed by atoms with van der Waals surface area (Å²) in [6.45, 7) is 0. The predicted octanol–water partition coefficient (Wildman–Crippen LogP) is 4.09. The molecule has 0 atom stereocenters. The molecule has 0 bridgehead atoms. The normalized spacial score (nSPS) is 16.7. The van der Waals surface area contributed by atoms with E-state index in [-0.39, 0.29) is 31.9 Å². The van der Waals surface area contributed by atoms with Gasteiger partial charge in [0, 0.05) is 22.3 Å². The van der Waals surface area contributed by atoms with Gasteiger partial charge in [-0.15, -0.1) is 0 Å². The van der Waals surface area contributed by atoms with Crippen molar-refractivity contribution in [3.63, 3.8) is 0 Å². The average Bonchev–Trinajstić information content (AvgIpc) is 2.41. The van der Waals surface area contributed by atoms with Gasteiger partial charge in [-0.2, -0.15) is 0 Å². The van der Waals surface area contributed by atoms with Crippen molar-refractivity contribution in [3.8, 4) is 0 Å². The van der Waals surface area contributed by atoms with Gasteiger partial charge in [-0.05, 0) is 40.9 Å². The lowest BCUT2D eigenvalue weighted by Crippen LogP contribution is -2.36. The third-order valence-electron chi connectivity index (χ3n) is 3.46. The van der Waals surface area contributed by atoms with E-state index in [0.29, 0.717) is 0 Å². The van der Waals surface area contributed by atoms with E-state index >= 15 is 0 Å². The lowest BCUT2D eigenvalue weighted by atomic mass is 9.95. The van der Waals surface area contributed by atoms with Crippen LogP contribution in [-0.2, 0) is 9.05 Å². The summed E-state index contributed by atoms with van der Waals surface area (Å²) < 4.78 is 23.2. The van der Waals surface area contributed by atoms with Crippen LogP contribution in [0, 0.1) is 0 Å². The quantitative estimate of drug-likeness (QED) is 0.757. The zero-order valence-corrected chi connectivity index (χ0v) is 14.9. The molecule has 1 aliphatic carbocycles. The molecule has 4 nitrogen and oxygen atoms in total. The van der Waals surface area contributed by atoms with Gasteiger partial charge in [0.25, 0.3) is 15.0 Å². The largest absolute Gasteiger partial charge is 0.349 e. The highest BCUT2D eigenvalue weighted by Gasteiger charge is 2.22. The summed E-state index contributed by atoms with van der Waals surface area (Å²) in [5.41, 5.74) is 0.188. The van der Waals surface area contributed by atoms with E-state index in [1.54, 1.807) is 0 Å². The summed E-state index contributed by atoms with van der Waals surface area (Å²) in [4.78, 5) is 12.0. The first-order valence-corrected chi connectivity index (χ1v) is 10.0. The maximum atomic E-state index is 12.2. The van der Waals surface area contributed by atoms with Crippen molar-refractivity contribution in [2.75, 3.05) is 0 Å². The van der Waals surface area contributed by atoms with Crippen LogP contribution in [0.25, 0.3) is 0 Å². The molecule has 1 saturated carbocycles. The van der Waals surface area contributed by atoms with E-state index in [4.69, 9.17) is 22.3 Å². The molecule has 8 heteroatoms. The van der Waals surface area contributed by atoms with Gasteiger partial charge < -0.3 is 5.32 Å². The number of carbonyl (C=O) groups is 1. The molecule has 1 aliphatic rings. The van der Waals surface area contributed by atoms with Crippen molar-refractivity contribution in [2.45, 2.75) is 43.0 Å². The summed E-state index contributed by atoms with van der Waals surface area (Å²) in [5.74, 6) is -0.335. The monoisotopic (exact) mass is 413 g/mol. The van der Waals surface area contributed by atoms with Crippen LogP contribution in [-0.4, -0.2) is 20.4 Å². The molecule has 0 saturated heterocycles. The van der Waals surface area contributed by atoms with Gasteiger partial charge in [-0.1, -0.05) is 30.9 Å². The van der Waals surface area contributed by atoms with E-state index in [0.717, 1.165) is 25.7 Å². The average molecular weight is 415 g/mol. The molecule has 2 rings (SSSR count). The Balaban J connectivity index is 2.27. The molecule has 1 fully saturated rings. The lowest BCUT2D eigenvalue weighted by molar-refractivity contribution is 0.0927. The number of halogens is 3. The third kappa shape index (κ3) is 4.34. The smallest absolute Gasteiger partial charge is 0.262 e. The zero-order chi connectivity index (χ0) is 15.6. The van der Waals surface area contributed by atoms with Crippen molar-refractivity contribution in [1.29, 1.82) is 0 Å². The maximum Gasteiger partial charge on any atom is 0.262 e. The minimum Gasteiger partial charge on any atom is -0.349 e. The summed E-state index contributed by atoms with van der Waals surface area (Å²) >= 11 is 9.03. The van der Waals surface area contributed by atoms with Crippen LogP contribution in [0.15, 0.2) is 21.5 Å². The van der Waals surface area contributed by atoms with Crippen LogP contribution in [0.4, 0.5) is 0 Å². The molecule has 1 aromatic carbocycles. The highest BCUT2D eigenvalue weighted by atomic mass is 79.9. The van der Waals surface area contributed by atoms with Crippen molar-refractivity contribution in [2.24, 2.45) is 0 Å². The van der Waals surface area contributed by atoms with Crippen molar-refractivity contribution in [3.05, 3.63) is 27.2 Å². The summed E-state index contributed by atoms with van der Waals surface area (Å²) in [6.07, 6.45) is 5.25. The Bertz CT molecular complexity index is 658. The van der Waals surface area contributed by atoms with Crippen LogP contribution < -0.4 is 5.32 Å². The first kappa shape index (κ1) is 17.1. The Morgan fingerprint density at radius 2 is 1.86 bits per heavy atom. The fraction of sp³-hybridized carbons (Fsp3) is 0.462. The van der Waals surface area contributed by atoms with Crippen LogP contribution in [0.3, 0.4) is 0 Å². The number of rotatable bonds is 3. The number of amides is 1. The second-order valence-corrected chi connectivity index (χ2v) is 8.75. The van der Waals surface area contributed by atoms with Crippen LogP contribution in [0.5, 0.6) is 0 Å². The first-order valence-electron chi connectivity index (χ1n) is 6.53. The Labute approximate surface area is 141 Å². The molecule has 1 N–H and O–H groups in total. The van der Waals surface area contributed by atoms with Gasteiger partial charge in [-0.3, -0.25) is 4.79 Å². The molecular weight excluding hydrogens is 401 g/mol. The minimum atomic E-state index is -3.98. The SMILES string of the molecule is O=C(NC1CCCCC1)c1cc(Cl)c(Br)c(S(=O)(=O)Cl)c1. The van der Waals surface area contributed by atoms with E-state index in [9.17, 15) is 13.2 Å². The van der Waals surface area contributed by atoms with E-state index in [2.05, 4.69) is 21.2 Å². The zero-order valence-electron chi connectivity index (χ0n) is 11.0. The van der Waals surface area contributed by atoms with Crippen molar-refractivity contribution < 1.29 is 13.2 Å². The lowest BCUT2D eigenvalue weighted by Gasteiger charge is -2.23. The molecule has 0 heterocycles. The molecule has 1 aromatic rings. The van der Waals surface area contributed by atoms with E-state index < -0.39 is 9.05 Å². The molecule has 21 heavy (non-hydrogen) atoms. The second kappa shape index (κ2) is 6.86. The Morgan fingerprint density at radius 1 is 1.24 bits per heavy atom. The second-order valence-electron chi connectivity index (χ2n) is 5.02. The summed E-state index contributed by atoms with van der Waals surface area (Å²) in [7, 11) is 1.37. The number of nitrogens with one attached hydrogen (secondary N) is 1. The summed E-state index contributed by atoms with van der Waals surface area (Å²) in [6, 6.07) is 2.79. The summed E-state index contributed by atoms with van der Waals surface area (Å²) in [5, 5.41) is 3.04. The number of hydrogen-bond acceptors (Lipinski definition) is 3. The molecule has 0 radical (unpaired) electrons. The molecular formula is C13H14BrCl2NO3S. The molecule has 116 valence electrons. The predicted molar refractivity (Wildman–Crippen MR) is 86.5 cm³/mol. The molecule has 0 aromatic heterocycles. The fourth-order valence-electron chi connectivity index (χ4n) is 2.39. The Morgan fingerprint density at radius 3 is 2.43 bits per heavy atom. The van der Waals surface area contributed by atoms with Gasteiger partial charge in [0.15, 0.2) is 0 Å². The van der Waals surface area contributed by atoms with Crippen molar-refractivity contribution in [1.82, 2.24) is 5.32 Å². The van der Waals surface area contributed by atoms with E-state index in [1.807, 2.05) is 0 Å². The molecule has 0 spiro atoms. The van der Waals surface area contributed by atoms with Gasteiger partial charge in [-0.25, -0.2) is 8.42 Å². The minimum absolute atomic E-state index is 0.129. The van der Waals surface area contributed by atoms with Gasteiger partial charge in [0.1, 0.15) is 0 Å². The van der Waals surface area contributed by atoms with Crippen molar-refractivity contribution >= 4 is 53.2 Å².